The quantitative estimate of drug-likeness (QED) is 0.374. The van der Waals surface area contributed by atoms with Gasteiger partial charge in [0, 0.05) is 23.6 Å². The second kappa shape index (κ2) is 7.84. The SMILES string of the molecule is CCn1c(=NC(=O)CSc2ccc(C)cc2)sc2ccc([N+](=O)[O-])cc21. The maximum atomic E-state index is 12.3. The normalized spacial score (nSPS) is 11.8. The lowest BCUT2D eigenvalue weighted by atomic mass is 10.2. The summed E-state index contributed by atoms with van der Waals surface area (Å²) in [4.78, 5) is 28.7. The van der Waals surface area contributed by atoms with Gasteiger partial charge in [0.05, 0.1) is 20.9 Å². The standard InChI is InChI=1S/C18H17N3O3S2/c1-3-20-15-10-13(21(23)24)6-9-16(15)26-18(20)19-17(22)11-25-14-7-4-12(2)5-8-14/h4-10H,3,11H2,1-2H3. The van der Waals surface area contributed by atoms with Crippen molar-refractivity contribution in [1.82, 2.24) is 4.57 Å². The average molecular weight is 387 g/mol. The van der Waals surface area contributed by atoms with Crippen molar-refractivity contribution in [2.75, 3.05) is 5.75 Å². The molecule has 0 aliphatic rings. The molecule has 0 spiro atoms. The summed E-state index contributed by atoms with van der Waals surface area (Å²) >= 11 is 2.81. The lowest BCUT2D eigenvalue weighted by molar-refractivity contribution is -0.384. The van der Waals surface area contributed by atoms with Gasteiger partial charge in [0.2, 0.25) is 0 Å². The minimum absolute atomic E-state index is 0.0327. The first-order valence-corrected chi connectivity index (χ1v) is 9.83. The van der Waals surface area contributed by atoms with Crippen LogP contribution in [0.4, 0.5) is 5.69 Å². The van der Waals surface area contributed by atoms with Crippen LogP contribution in [0.2, 0.25) is 0 Å². The minimum atomic E-state index is -0.419. The van der Waals surface area contributed by atoms with Crippen LogP contribution in [-0.2, 0) is 11.3 Å². The molecule has 0 radical (unpaired) electrons. The maximum Gasteiger partial charge on any atom is 0.271 e. The van der Waals surface area contributed by atoms with E-state index in [1.807, 2.05) is 42.7 Å². The molecule has 8 heteroatoms. The first-order chi connectivity index (χ1) is 12.5. The number of carbonyl (C=O) groups excluding carboxylic acids is 1. The second-order valence-corrected chi connectivity index (χ2v) is 7.70. The van der Waals surface area contributed by atoms with Gasteiger partial charge in [-0.05, 0) is 32.0 Å². The Balaban J connectivity index is 1.87. The lowest BCUT2D eigenvalue weighted by Crippen LogP contribution is -2.16. The fourth-order valence-corrected chi connectivity index (χ4v) is 4.26. The number of rotatable bonds is 5. The fraction of sp³-hybridized carbons (Fsp3) is 0.222. The van der Waals surface area contributed by atoms with Crippen molar-refractivity contribution in [3.05, 3.63) is 62.9 Å². The van der Waals surface area contributed by atoms with Gasteiger partial charge in [0.15, 0.2) is 4.80 Å². The highest BCUT2D eigenvalue weighted by Crippen LogP contribution is 2.23. The van der Waals surface area contributed by atoms with E-state index in [2.05, 4.69) is 4.99 Å². The molecule has 0 fully saturated rings. The second-order valence-electron chi connectivity index (χ2n) is 5.65. The zero-order valence-corrected chi connectivity index (χ0v) is 16.0. The Kier molecular flexibility index (Phi) is 5.53. The van der Waals surface area contributed by atoms with Crippen molar-refractivity contribution in [2.24, 2.45) is 4.99 Å². The van der Waals surface area contributed by atoms with Crippen LogP contribution in [0.5, 0.6) is 0 Å². The molecule has 0 N–H and O–H groups in total. The number of hydrogen-bond donors (Lipinski definition) is 0. The van der Waals surface area contributed by atoms with E-state index in [0.717, 1.165) is 15.1 Å². The van der Waals surface area contributed by atoms with Crippen LogP contribution in [0.1, 0.15) is 12.5 Å². The molecule has 3 rings (SSSR count). The number of benzene rings is 2. The van der Waals surface area contributed by atoms with Crippen molar-refractivity contribution < 1.29 is 9.72 Å². The van der Waals surface area contributed by atoms with E-state index in [1.165, 1.54) is 40.8 Å². The Labute approximate surface area is 158 Å². The summed E-state index contributed by atoms with van der Waals surface area (Å²) < 4.78 is 2.71. The van der Waals surface area contributed by atoms with Crippen molar-refractivity contribution >= 4 is 44.9 Å². The highest BCUT2D eigenvalue weighted by molar-refractivity contribution is 8.00. The molecule has 1 aromatic heterocycles. The molecule has 26 heavy (non-hydrogen) atoms. The molecule has 0 saturated heterocycles. The van der Waals surface area contributed by atoms with Gasteiger partial charge in [-0.1, -0.05) is 29.0 Å². The van der Waals surface area contributed by atoms with E-state index in [0.29, 0.717) is 11.3 Å². The molecule has 134 valence electrons. The largest absolute Gasteiger partial charge is 0.316 e. The molecule has 3 aromatic rings. The third-order valence-corrected chi connectivity index (χ3v) is 5.85. The summed E-state index contributed by atoms with van der Waals surface area (Å²) in [6, 6.07) is 12.7. The molecular weight excluding hydrogens is 370 g/mol. The predicted octanol–water partition coefficient (Wildman–Crippen LogP) is 4.16. The number of fused-ring (bicyclic) bond motifs is 1. The van der Waals surface area contributed by atoms with Crippen LogP contribution in [0, 0.1) is 17.0 Å². The van der Waals surface area contributed by atoms with Crippen molar-refractivity contribution in [2.45, 2.75) is 25.3 Å². The van der Waals surface area contributed by atoms with E-state index in [9.17, 15) is 14.9 Å². The van der Waals surface area contributed by atoms with Crippen LogP contribution in [0.3, 0.4) is 0 Å². The van der Waals surface area contributed by atoms with Crippen LogP contribution >= 0.6 is 23.1 Å². The minimum Gasteiger partial charge on any atom is -0.316 e. The third-order valence-electron chi connectivity index (χ3n) is 3.80. The monoisotopic (exact) mass is 387 g/mol. The lowest BCUT2D eigenvalue weighted by Gasteiger charge is -2.01. The van der Waals surface area contributed by atoms with Crippen molar-refractivity contribution in [1.29, 1.82) is 0 Å². The number of non-ortho nitro benzene ring substituents is 1. The van der Waals surface area contributed by atoms with Gasteiger partial charge < -0.3 is 4.57 Å². The van der Waals surface area contributed by atoms with E-state index >= 15 is 0 Å². The van der Waals surface area contributed by atoms with Gasteiger partial charge in [0.1, 0.15) is 0 Å². The zero-order chi connectivity index (χ0) is 18.7. The first-order valence-electron chi connectivity index (χ1n) is 8.02. The highest BCUT2D eigenvalue weighted by Gasteiger charge is 2.12. The van der Waals surface area contributed by atoms with Gasteiger partial charge in [-0.25, -0.2) is 0 Å². The Hall–Kier alpha value is -2.45. The van der Waals surface area contributed by atoms with Crippen LogP contribution < -0.4 is 4.80 Å². The number of thioether (sulfide) groups is 1. The van der Waals surface area contributed by atoms with E-state index in [4.69, 9.17) is 0 Å². The van der Waals surface area contributed by atoms with Crippen molar-refractivity contribution in [3.63, 3.8) is 0 Å². The zero-order valence-electron chi connectivity index (χ0n) is 14.3. The Morgan fingerprint density at radius 1 is 1.27 bits per heavy atom. The maximum absolute atomic E-state index is 12.3. The average Bonchev–Trinajstić information content (AvgIpc) is 2.97. The van der Waals surface area contributed by atoms with Crippen LogP contribution in [0.25, 0.3) is 10.2 Å². The molecule has 0 saturated carbocycles. The molecule has 2 aromatic carbocycles. The van der Waals surface area contributed by atoms with Gasteiger partial charge in [-0.15, -0.1) is 11.8 Å². The number of hydrogen-bond acceptors (Lipinski definition) is 5. The fourth-order valence-electron chi connectivity index (χ4n) is 2.48. The topological polar surface area (TPSA) is 77.5 Å². The Morgan fingerprint density at radius 2 is 2.00 bits per heavy atom. The van der Waals surface area contributed by atoms with Gasteiger partial charge in [0.25, 0.3) is 11.6 Å². The third kappa shape index (κ3) is 4.03. The van der Waals surface area contributed by atoms with Crippen LogP contribution in [-0.4, -0.2) is 21.2 Å². The summed E-state index contributed by atoms with van der Waals surface area (Å²) in [6.07, 6.45) is 0. The molecule has 0 aliphatic heterocycles. The molecule has 0 atom stereocenters. The number of nitro benzene ring substituents is 1. The molecule has 1 heterocycles. The molecule has 1 amide bonds. The number of thiazole rings is 1. The van der Waals surface area contributed by atoms with Crippen molar-refractivity contribution in [3.8, 4) is 0 Å². The summed E-state index contributed by atoms with van der Waals surface area (Å²) in [5, 5.41) is 11.0. The number of nitrogens with zero attached hydrogens (tertiary/aromatic N) is 3. The van der Waals surface area contributed by atoms with E-state index < -0.39 is 4.92 Å². The number of aromatic nitrogens is 1. The summed E-state index contributed by atoms with van der Waals surface area (Å²) in [5.41, 5.74) is 1.93. The number of carbonyl (C=O) groups is 1. The van der Waals surface area contributed by atoms with Gasteiger partial charge >= 0.3 is 0 Å². The number of aryl methyl sites for hydroxylation is 2. The molecule has 0 bridgehead atoms. The van der Waals surface area contributed by atoms with E-state index in [-0.39, 0.29) is 17.3 Å². The summed E-state index contributed by atoms with van der Waals surface area (Å²) in [6.45, 7) is 4.53. The summed E-state index contributed by atoms with van der Waals surface area (Å²) in [5.74, 6) is 0.0279. The number of amides is 1. The van der Waals surface area contributed by atoms with Gasteiger partial charge in [-0.2, -0.15) is 4.99 Å². The summed E-state index contributed by atoms with van der Waals surface area (Å²) in [7, 11) is 0. The Morgan fingerprint density at radius 3 is 2.65 bits per heavy atom. The van der Waals surface area contributed by atoms with Gasteiger partial charge in [-0.3, -0.25) is 14.9 Å². The molecule has 0 unspecified atom stereocenters. The Bertz CT molecular complexity index is 1040. The number of nitro groups is 1. The highest BCUT2D eigenvalue weighted by atomic mass is 32.2. The van der Waals surface area contributed by atoms with Crippen LogP contribution in [0.15, 0.2) is 52.4 Å². The molecule has 0 aliphatic carbocycles. The van der Waals surface area contributed by atoms with E-state index in [1.54, 1.807) is 6.07 Å². The smallest absolute Gasteiger partial charge is 0.271 e. The molecular formula is C18H17N3O3S2. The molecule has 6 nitrogen and oxygen atoms in total. The predicted molar refractivity (Wildman–Crippen MR) is 105 cm³/mol. The first kappa shape index (κ1) is 18.3.